The van der Waals surface area contributed by atoms with Gasteiger partial charge in [-0.1, -0.05) is 12.1 Å². The molecule has 0 saturated heterocycles. The maximum absolute atomic E-state index is 15.5. The summed E-state index contributed by atoms with van der Waals surface area (Å²) in [5.74, 6) is -34.2. The van der Waals surface area contributed by atoms with Gasteiger partial charge < -0.3 is 4.74 Å². The lowest BCUT2D eigenvalue weighted by Gasteiger charge is -2.22. The molecule has 5 rings (SSSR count). The van der Waals surface area contributed by atoms with Crippen LogP contribution in [0.15, 0.2) is 24.3 Å². The van der Waals surface area contributed by atoms with Crippen molar-refractivity contribution in [3.63, 3.8) is 0 Å². The smallest absolute Gasteiger partial charge is 0.422 e. The molecule has 0 atom stereocenters. The van der Waals surface area contributed by atoms with E-state index < -0.39 is 125 Å². The minimum atomic E-state index is -6.14. The topological polar surface area (TPSA) is 9.23 Å². The van der Waals surface area contributed by atoms with E-state index in [1.807, 2.05) is 0 Å². The Bertz CT molecular complexity index is 1940. The summed E-state index contributed by atoms with van der Waals surface area (Å²) < 4.78 is 224. The third-order valence-corrected chi connectivity index (χ3v) is 6.71. The Hall–Kier alpha value is -4.63. The van der Waals surface area contributed by atoms with Gasteiger partial charge in [0.25, 0.3) is 0 Å². The van der Waals surface area contributed by atoms with Crippen LogP contribution < -0.4 is 4.74 Å². The summed E-state index contributed by atoms with van der Waals surface area (Å²) in [6.07, 6.45) is -6.14. The van der Waals surface area contributed by atoms with Crippen LogP contribution in [0.5, 0.6) is 5.75 Å². The molecule has 0 N–H and O–H groups in total. The number of ether oxygens (including phenoxy) is 1. The second-order valence-electron chi connectivity index (χ2n) is 8.99. The van der Waals surface area contributed by atoms with Gasteiger partial charge in [-0.3, -0.25) is 0 Å². The van der Waals surface area contributed by atoms with E-state index in [1.165, 1.54) is 0 Å². The van der Waals surface area contributed by atoms with Gasteiger partial charge in [0.1, 0.15) is 11.3 Å². The fourth-order valence-corrected chi connectivity index (χ4v) is 4.85. The first-order valence-corrected chi connectivity index (χ1v) is 11.5. The number of benzene rings is 5. The predicted octanol–water partition coefficient (Wildman–Crippen LogP) is 10.0. The Kier molecular flexibility index (Phi) is 7.17. The van der Waals surface area contributed by atoms with Crippen molar-refractivity contribution in [3.8, 4) is 28.0 Å². The van der Waals surface area contributed by atoms with E-state index in [2.05, 4.69) is 0 Å². The van der Waals surface area contributed by atoms with E-state index in [9.17, 15) is 39.5 Å². The van der Waals surface area contributed by atoms with Crippen LogP contribution in [0.25, 0.3) is 43.8 Å². The fraction of sp³-hybridized carbons (Fsp3) is 0.0714. The third-order valence-electron chi connectivity index (χ3n) is 6.71. The van der Waals surface area contributed by atoms with Crippen molar-refractivity contribution in [2.75, 3.05) is 7.11 Å². The molecule has 0 aliphatic carbocycles. The number of alkyl halides is 3. The standard InChI is InChI=1S/C28H7F15O/c1-44-7-4-2-6(3-5-7)8-10-12(18(31)26(39)24(37)16(10)29)9(13-11(8)17(30)25(38)27(40)19(13)32)14-20(33)22(35)15(28(41,42)43)23(36)21(14)34/h2-5H,1H3. The number of rotatable bonds is 3. The Balaban J connectivity index is 2.23. The lowest BCUT2D eigenvalue weighted by Crippen LogP contribution is -2.16. The van der Waals surface area contributed by atoms with E-state index in [1.54, 1.807) is 0 Å². The van der Waals surface area contributed by atoms with Gasteiger partial charge in [-0.2, -0.15) is 13.2 Å². The molecule has 230 valence electrons. The van der Waals surface area contributed by atoms with Crippen molar-refractivity contribution in [1.29, 1.82) is 0 Å². The summed E-state index contributed by atoms with van der Waals surface area (Å²) in [7, 11) is 1.14. The van der Waals surface area contributed by atoms with Crippen LogP contribution in [0.4, 0.5) is 65.9 Å². The highest BCUT2D eigenvalue weighted by molar-refractivity contribution is 6.22. The van der Waals surface area contributed by atoms with Gasteiger partial charge >= 0.3 is 6.18 Å². The van der Waals surface area contributed by atoms with Gasteiger partial charge in [-0.05, 0) is 17.7 Å². The minimum Gasteiger partial charge on any atom is -0.497 e. The van der Waals surface area contributed by atoms with Crippen LogP contribution in [0, 0.1) is 69.8 Å². The summed E-state index contributed by atoms with van der Waals surface area (Å²) >= 11 is 0. The zero-order chi connectivity index (χ0) is 32.7. The highest BCUT2D eigenvalue weighted by Gasteiger charge is 2.44. The molecule has 0 radical (unpaired) electrons. The molecular formula is C28H7F15O. The second kappa shape index (κ2) is 10.2. The first-order valence-electron chi connectivity index (χ1n) is 11.5. The first kappa shape index (κ1) is 30.8. The summed E-state index contributed by atoms with van der Waals surface area (Å²) in [5, 5.41) is -7.61. The van der Waals surface area contributed by atoms with Gasteiger partial charge in [0.2, 0.25) is 0 Å². The van der Waals surface area contributed by atoms with Gasteiger partial charge in [0.05, 0.1) is 12.7 Å². The van der Waals surface area contributed by atoms with E-state index in [0.717, 1.165) is 31.4 Å². The van der Waals surface area contributed by atoms with E-state index in [4.69, 9.17) is 4.74 Å². The maximum Gasteiger partial charge on any atom is 0.422 e. The zero-order valence-corrected chi connectivity index (χ0v) is 20.9. The van der Waals surface area contributed by atoms with Crippen molar-refractivity contribution in [2.24, 2.45) is 0 Å². The lowest BCUT2D eigenvalue weighted by atomic mass is 9.84. The molecule has 0 aliphatic heterocycles. The highest BCUT2D eigenvalue weighted by atomic mass is 19.4. The van der Waals surface area contributed by atoms with E-state index >= 15 is 26.3 Å². The molecule has 0 fully saturated rings. The number of hydrogen-bond acceptors (Lipinski definition) is 1. The van der Waals surface area contributed by atoms with Gasteiger partial charge in [-0.25, -0.2) is 52.7 Å². The molecule has 0 unspecified atom stereocenters. The summed E-state index contributed by atoms with van der Waals surface area (Å²) in [4.78, 5) is 0. The molecule has 0 saturated carbocycles. The summed E-state index contributed by atoms with van der Waals surface area (Å²) in [5.41, 5.74) is -9.92. The molecule has 1 nitrogen and oxygen atoms in total. The molecule has 5 aromatic carbocycles. The quantitative estimate of drug-likeness (QED) is 0.0823. The maximum atomic E-state index is 15.5. The van der Waals surface area contributed by atoms with Crippen LogP contribution in [0.3, 0.4) is 0 Å². The van der Waals surface area contributed by atoms with Crippen molar-refractivity contribution in [1.82, 2.24) is 0 Å². The second-order valence-corrected chi connectivity index (χ2v) is 8.99. The molecule has 0 bridgehead atoms. The van der Waals surface area contributed by atoms with Crippen LogP contribution in [0.2, 0.25) is 0 Å². The lowest BCUT2D eigenvalue weighted by molar-refractivity contribution is -0.143. The minimum absolute atomic E-state index is 0.00610. The Morgan fingerprint density at radius 1 is 0.409 bits per heavy atom. The van der Waals surface area contributed by atoms with Crippen molar-refractivity contribution < 1.29 is 70.6 Å². The monoisotopic (exact) mass is 644 g/mol. The molecule has 0 spiro atoms. The van der Waals surface area contributed by atoms with Crippen LogP contribution in [0.1, 0.15) is 5.56 Å². The van der Waals surface area contributed by atoms with Gasteiger partial charge in [-0.15, -0.1) is 0 Å². The summed E-state index contributed by atoms with van der Waals surface area (Å²) in [6.45, 7) is 0. The largest absolute Gasteiger partial charge is 0.497 e. The molecular weight excluding hydrogens is 637 g/mol. The number of hydrogen-bond donors (Lipinski definition) is 0. The molecule has 0 aromatic heterocycles. The molecule has 0 amide bonds. The average Bonchev–Trinajstić information content (AvgIpc) is 2.98. The first-order chi connectivity index (χ1) is 20.5. The van der Waals surface area contributed by atoms with Crippen molar-refractivity contribution >= 4 is 21.5 Å². The van der Waals surface area contributed by atoms with Gasteiger partial charge in [0, 0.05) is 32.7 Å². The van der Waals surface area contributed by atoms with Crippen LogP contribution >= 0.6 is 0 Å². The molecule has 0 heterocycles. The Morgan fingerprint density at radius 2 is 0.750 bits per heavy atom. The van der Waals surface area contributed by atoms with Crippen molar-refractivity contribution in [2.45, 2.75) is 6.18 Å². The average molecular weight is 644 g/mol. The number of halogens is 15. The van der Waals surface area contributed by atoms with E-state index in [0.29, 0.717) is 0 Å². The number of fused-ring (bicyclic) bond motifs is 2. The van der Waals surface area contributed by atoms with Crippen LogP contribution in [-0.4, -0.2) is 7.11 Å². The molecule has 16 heteroatoms. The predicted molar refractivity (Wildman–Crippen MR) is 123 cm³/mol. The zero-order valence-electron chi connectivity index (χ0n) is 20.9. The molecule has 0 aliphatic rings. The molecule has 44 heavy (non-hydrogen) atoms. The summed E-state index contributed by atoms with van der Waals surface area (Å²) in [6, 6.07) is 3.73. The van der Waals surface area contributed by atoms with Crippen LogP contribution in [-0.2, 0) is 6.18 Å². The number of methoxy groups -OCH3 is 1. The third kappa shape index (κ3) is 4.13. The normalized spacial score (nSPS) is 12.1. The fourth-order valence-electron chi connectivity index (χ4n) is 4.85. The Labute approximate surface area is 233 Å². The molecule has 5 aromatic rings. The van der Waals surface area contributed by atoms with Crippen molar-refractivity contribution in [3.05, 3.63) is 99.6 Å². The highest BCUT2D eigenvalue weighted by Crippen LogP contribution is 2.51. The SMILES string of the molecule is COc1ccc(-c2c3c(F)c(F)c(F)c(F)c3c(-c3c(F)c(F)c(C(F)(F)F)c(F)c3F)c3c(F)c(F)c(F)c(F)c23)cc1. The van der Waals surface area contributed by atoms with E-state index in [-0.39, 0.29) is 5.75 Å². The van der Waals surface area contributed by atoms with Gasteiger partial charge in [0.15, 0.2) is 69.8 Å². The Morgan fingerprint density at radius 3 is 1.07 bits per heavy atom.